The van der Waals surface area contributed by atoms with Gasteiger partial charge in [0.1, 0.15) is 5.75 Å². The van der Waals surface area contributed by atoms with E-state index in [0.717, 1.165) is 17.7 Å². The highest BCUT2D eigenvalue weighted by molar-refractivity contribution is 7.87. The number of benzene rings is 1. The predicted molar refractivity (Wildman–Crippen MR) is 89.3 cm³/mol. The Bertz CT molecular complexity index is 529. The van der Waals surface area contributed by atoms with Crippen LogP contribution in [0.15, 0.2) is 24.3 Å². The highest BCUT2D eigenvalue weighted by atomic mass is 32.2. The zero-order valence-corrected chi connectivity index (χ0v) is 14.6. The largest absolute Gasteiger partial charge is 0.494 e. The summed E-state index contributed by atoms with van der Waals surface area (Å²) in [6, 6.07) is 7.68. The van der Waals surface area contributed by atoms with Gasteiger partial charge in [-0.15, -0.1) is 0 Å². The van der Waals surface area contributed by atoms with Gasteiger partial charge in [0.2, 0.25) is 0 Å². The van der Waals surface area contributed by atoms with E-state index >= 15 is 0 Å². The molecule has 0 amide bonds. The van der Waals surface area contributed by atoms with E-state index in [4.69, 9.17) is 4.74 Å². The Balaban J connectivity index is 2.73. The van der Waals surface area contributed by atoms with Crippen LogP contribution in [0.3, 0.4) is 0 Å². The van der Waals surface area contributed by atoms with E-state index in [-0.39, 0.29) is 6.04 Å². The van der Waals surface area contributed by atoms with E-state index in [0.29, 0.717) is 19.7 Å². The van der Waals surface area contributed by atoms with Crippen molar-refractivity contribution >= 4 is 10.2 Å². The first-order chi connectivity index (χ1) is 10.4. The average Bonchev–Trinajstić information content (AvgIpc) is 2.47. The third-order valence-corrected chi connectivity index (χ3v) is 4.34. The molecule has 2 N–H and O–H groups in total. The maximum absolute atomic E-state index is 11.8. The molecule has 0 heterocycles. The molecule has 0 aliphatic heterocycles. The quantitative estimate of drug-likeness (QED) is 0.683. The summed E-state index contributed by atoms with van der Waals surface area (Å²) in [5.41, 5.74) is 1.03. The van der Waals surface area contributed by atoms with Crippen LogP contribution in [0.4, 0.5) is 0 Å². The van der Waals surface area contributed by atoms with Gasteiger partial charge in [-0.1, -0.05) is 19.1 Å². The number of hydrogen-bond donors (Lipinski definition) is 2. The fourth-order valence-corrected chi connectivity index (χ4v) is 2.98. The van der Waals surface area contributed by atoms with E-state index in [9.17, 15) is 8.42 Å². The molecule has 1 unspecified atom stereocenters. The molecule has 0 saturated carbocycles. The highest BCUT2D eigenvalue weighted by Crippen LogP contribution is 2.21. The van der Waals surface area contributed by atoms with Gasteiger partial charge in [-0.25, -0.2) is 9.44 Å². The van der Waals surface area contributed by atoms with Crippen molar-refractivity contribution < 1.29 is 13.2 Å². The van der Waals surface area contributed by atoms with E-state index < -0.39 is 10.2 Å². The van der Waals surface area contributed by atoms with Crippen LogP contribution in [0, 0.1) is 0 Å². The van der Waals surface area contributed by atoms with Gasteiger partial charge >= 0.3 is 0 Å². The standard InChI is InChI=1S/C15H27N3O3S/c1-5-11-16-22(19,20)17-12-15(18(3)4)13-7-9-14(10-8-13)21-6-2/h7-10,15-17H,5-6,11-12H2,1-4H3. The summed E-state index contributed by atoms with van der Waals surface area (Å²) in [4.78, 5) is 1.98. The fraction of sp³-hybridized carbons (Fsp3) is 0.600. The second-order valence-corrected chi connectivity index (χ2v) is 6.81. The molecule has 7 heteroatoms. The van der Waals surface area contributed by atoms with Gasteiger partial charge < -0.3 is 9.64 Å². The van der Waals surface area contributed by atoms with Gasteiger partial charge in [0, 0.05) is 19.1 Å². The lowest BCUT2D eigenvalue weighted by Crippen LogP contribution is -2.41. The summed E-state index contributed by atoms with van der Waals surface area (Å²) < 4.78 is 34.2. The summed E-state index contributed by atoms with van der Waals surface area (Å²) in [7, 11) is 0.403. The molecule has 126 valence electrons. The van der Waals surface area contributed by atoms with Gasteiger partial charge in [-0.2, -0.15) is 8.42 Å². The normalized spacial score (nSPS) is 13.3. The predicted octanol–water partition coefficient (Wildman–Crippen LogP) is 1.52. The maximum atomic E-state index is 11.8. The molecule has 1 atom stereocenters. The Morgan fingerprint density at radius 3 is 2.27 bits per heavy atom. The van der Waals surface area contributed by atoms with Crippen molar-refractivity contribution in [3.63, 3.8) is 0 Å². The Hall–Kier alpha value is -1.15. The minimum absolute atomic E-state index is 0.0473. The van der Waals surface area contributed by atoms with Gasteiger partial charge in [0.05, 0.1) is 6.61 Å². The number of ether oxygens (including phenoxy) is 1. The Kier molecular flexibility index (Phi) is 7.81. The first kappa shape index (κ1) is 18.9. The van der Waals surface area contributed by atoms with Crippen LogP contribution < -0.4 is 14.2 Å². The van der Waals surface area contributed by atoms with Crippen molar-refractivity contribution in [1.82, 2.24) is 14.3 Å². The van der Waals surface area contributed by atoms with E-state index in [1.165, 1.54) is 0 Å². The lowest BCUT2D eigenvalue weighted by atomic mass is 10.1. The molecule has 1 aromatic rings. The average molecular weight is 329 g/mol. The van der Waals surface area contributed by atoms with E-state index in [2.05, 4.69) is 9.44 Å². The van der Waals surface area contributed by atoms with Gasteiger partial charge in [0.15, 0.2) is 0 Å². The molecular formula is C15H27N3O3S. The molecule has 0 radical (unpaired) electrons. The fourth-order valence-electron chi connectivity index (χ4n) is 2.03. The van der Waals surface area contributed by atoms with Crippen LogP contribution in [0.5, 0.6) is 5.75 Å². The number of likely N-dealkylation sites (N-methyl/N-ethyl adjacent to an activating group) is 1. The number of hydrogen-bond acceptors (Lipinski definition) is 4. The van der Waals surface area contributed by atoms with Crippen molar-refractivity contribution in [3.8, 4) is 5.75 Å². The first-order valence-corrected chi connectivity index (χ1v) is 9.01. The molecule has 0 fully saturated rings. The summed E-state index contributed by atoms with van der Waals surface area (Å²) in [6.45, 7) is 5.23. The van der Waals surface area contributed by atoms with Gasteiger partial charge in [-0.05, 0) is 45.1 Å². The minimum Gasteiger partial charge on any atom is -0.494 e. The lowest BCUT2D eigenvalue weighted by Gasteiger charge is -2.25. The van der Waals surface area contributed by atoms with Gasteiger partial charge in [-0.3, -0.25) is 0 Å². The summed E-state index contributed by atoms with van der Waals surface area (Å²) >= 11 is 0. The van der Waals surface area contributed by atoms with Crippen LogP contribution in [-0.2, 0) is 10.2 Å². The zero-order valence-electron chi connectivity index (χ0n) is 13.8. The molecule has 0 saturated heterocycles. The van der Waals surface area contributed by atoms with Crippen molar-refractivity contribution in [2.24, 2.45) is 0 Å². The van der Waals surface area contributed by atoms with E-state index in [1.54, 1.807) is 0 Å². The molecule has 0 aliphatic rings. The maximum Gasteiger partial charge on any atom is 0.276 e. The van der Waals surface area contributed by atoms with Crippen LogP contribution >= 0.6 is 0 Å². The molecule has 0 bridgehead atoms. The summed E-state index contributed by atoms with van der Waals surface area (Å²) in [5, 5.41) is 0. The number of nitrogens with one attached hydrogen (secondary N) is 2. The molecular weight excluding hydrogens is 302 g/mol. The smallest absolute Gasteiger partial charge is 0.276 e. The molecule has 0 spiro atoms. The van der Waals surface area contributed by atoms with Crippen LogP contribution in [0.25, 0.3) is 0 Å². The van der Waals surface area contributed by atoms with Crippen molar-refractivity contribution in [1.29, 1.82) is 0 Å². The number of nitrogens with zero attached hydrogens (tertiary/aromatic N) is 1. The molecule has 0 aromatic heterocycles. The second kappa shape index (κ2) is 9.09. The zero-order chi connectivity index (χ0) is 16.6. The Morgan fingerprint density at radius 1 is 1.14 bits per heavy atom. The molecule has 1 rings (SSSR count). The second-order valence-electron chi connectivity index (χ2n) is 5.23. The van der Waals surface area contributed by atoms with Crippen molar-refractivity contribution in [2.45, 2.75) is 26.3 Å². The third-order valence-electron chi connectivity index (χ3n) is 3.21. The Labute approximate surface area is 134 Å². The SMILES string of the molecule is CCCNS(=O)(=O)NCC(c1ccc(OCC)cc1)N(C)C. The minimum atomic E-state index is -3.45. The highest BCUT2D eigenvalue weighted by Gasteiger charge is 2.17. The van der Waals surface area contributed by atoms with Crippen LogP contribution in [0.1, 0.15) is 31.9 Å². The third kappa shape index (κ3) is 6.31. The van der Waals surface area contributed by atoms with E-state index in [1.807, 2.05) is 57.1 Å². The monoisotopic (exact) mass is 329 g/mol. The topological polar surface area (TPSA) is 70.7 Å². The van der Waals surface area contributed by atoms with Gasteiger partial charge in [0.25, 0.3) is 10.2 Å². The van der Waals surface area contributed by atoms with Crippen LogP contribution in [0.2, 0.25) is 0 Å². The summed E-state index contributed by atoms with van der Waals surface area (Å²) in [5.74, 6) is 0.814. The molecule has 0 aliphatic carbocycles. The molecule has 6 nitrogen and oxygen atoms in total. The van der Waals surface area contributed by atoms with Crippen molar-refractivity contribution in [3.05, 3.63) is 29.8 Å². The molecule has 22 heavy (non-hydrogen) atoms. The lowest BCUT2D eigenvalue weighted by molar-refractivity contribution is 0.298. The molecule has 1 aromatic carbocycles. The Morgan fingerprint density at radius 2 is 1.77 bits per heavy atom. The van der Waals surface area contributed by atoms with Crippen LogP contribution in [-0.4, -0.2) is 47.1 Å². The summed E-state index contributed by atoms with van der Waals surface area (Å²) in [6.07, 6.45) is 0.761. The van der Waals surface area contributed by atoms with Crippen molar-refractivity contribution in [2.75, 3.05) is 33.8 Å². The first-order valence-electron chi connectivity index (χ1n) is 7.53. The number of rotatable bonds is 10.